The fraction of sp³-hybridized carbons (Fsp3) is 0.100. The molecule has 1 heterocycles. The van der Waals surface area contributed by atoms with Gasteiger partial charge in [-0.2, -0.15) is 0 Å². The van der Waals surface area contributed by atoms with Crippen molar-refractivity contribution in [1.29, 1.82) is 0 Å². The summed E-state index contributed by atoms with van der Waals surface area (Å²) in [5, 5.41) is 2.39. The van der Waals surface area contributed by atoms with Crippen LogP contribution in [0.25, 0.3) is 0 Å². The number of anilines is 1. The molecule has 1 aromatic heterocycles. The molecule has 0 aliphatic heterocycles. The van der Waals surface area contributed by atoms with E-state index in [1.54, 1.807) is 12.4 Å². The Morgan fingerprint density at radius 1 is 0.920 bits per heavy atom. The highest BCUT2D eigenvalue weighted by molar-refractivity contribution is 5.96. The van der Waals surface area contributed by atoms with Crippen LogP contribution in [0.3, 0.4) is 0 Å². The van der Waals surface area contributed by atoms with Crippen molar-refractivity contribution in [1.82, 2.24) is 4.98 Å². The van der Waals surface area contributed by atoms with Crippen LogP contribution in [0.4, 0.5) is 14.5 Å². The molecule has 1 N–H and O–H groups in total. The summed E-state index contributed by atoms with van der Waals surface area (Å²) < 4.78 is 27.7. The zero-order valence-corrected chi connectivity index (χ0v) is 13.3. The van der Waals surface area contributed by atoms with Crippen LogP contribution in [0.2, 0.25) is 0 Å². The molecule has 0 saturated carbocycles. The largest absolute Gasteiger partial charge is 0.321 e. The highest BCUT2D eigenvalue weighted by atomic mass is 19.1. The Kier molecular flexibility index (Phi) is 5.14. The van der Waals surface area contributed by atoms with Gasteiger partial charge in [0, 0.05) is 12.4 Å². The Bertz CT molecular complexity index is 834. The Labute approximate surface area is 144 Å². The van der Waals surface area contributed by atoms with Gasteiger partial charge in [-0.15, -0.1) is 0 Å². The maximum atomic E-state index is 13.8. The van der Waals surface area contributed by atoms with Gasteiger partial charge in [0.15, 0.2) is 0 Å². The number of para-hydroxylation sites is 1. The van der Waals surface area contributed by atoms with Crippen LogP contribution in [0.15, 0.2) is 73.1 Å². The third-order valence-corrected chi connectivity index (χ3v) is 3.92. The van der Waals surface area contributed by atoms with Gasteiger partial charge >= 0.3 is 0 Å². The number of hydrogen-bond donors (Lipinski definition) is 1. The van der Waals surface area contributed by atoms with Crippen molar-refractivity contribution in [2.75, 3.05) is 5.32 Å². The third kappa shape index (κ3) is 4.07. The number of amides is 1. The van der Waals surface area contributed by atoms with Gasteiger partial charge in [0.2, 0.25) is 5.91 Å². The summed E-state index contributed by atoms with van der Waals surface area (Å²) in [5.74, 6) is -2.65. The number of benzene rings is 2. The molecule has 1 unspecified atom stereocenters. The number of carbonyl (C=O) groups excluding carboxylic acids is 1. The molecule has 0 spiro atoms. The van der Waals surface area contributed by atoms with E-state index in [1.165, 1.54) is 6.07 Å². The Hall–Kier alpha value is -3.08. The molecule has 3 rings (SSSR count). The highest BCUT2D eigenvalue weighted by Gasteiger charge is 2.23. The lowest BCUT2D eigenvalue weighted by Crippen LogP contribution is -2.24. The molecule has 5 heteroatoms. The molecule has 0 bridgehead atoms. The highest BCUT2D eigenvalue weighted by Crippen LogP contribution is 2.25. The molecule has 0 radical (unpaired) electrons. The van der Waals surface area contributed by atoms with Gasteiger partial charge in [-0.3, -0.25) is 9.78 Å². The number of rotatable bonds is 5. The predicted molar refractivity (Wildman–Crippen MR) is 92.1 cm³/mol. The number of halogens is 2. The number of nitrogens with zero attached hydrogens (tertiary/aromatic N) is 1. The van der Waals surface area contributed by atoms with Crippen LogP contribution in [0.1, 0.15) is 17.0 Å². The fourth-order valence-electron chi connectivity index (χ4n) is 2.63. The van der Waals surface area contributed by atoms with Crippen LogP contribution < -0.4 is 5.32 Å². The summed E-state index contributed by atoms with van der Waals surface area (Å²) >= 11 is 0. The van der Waals surface area contributed by atoms with Crippen molar-refractivity contribution in [2.45, 2.75) is 12.3 Å². The SMILES string of the molecule is O=C(Nc1c(F)cccc1F)C(Cc1ccncc1)c1ccccc1. The smallest absolute Gasteiger partial charge is 0.232 e. The van der Waals surface area contributed by atoms with Crippen molar-refractivity contribution >= 4 is 11.6 Å². The molecular formula is C20H16F2N2O. The minimum Gasteiger partial charge on any atom is -0.321 e. The molecule has 25 heavy (non-hydrogen) atoms. The van der Waals surface area contributed by atoms with E-state index in [1.807, 2.05) is 42.5 Å². The van der Waals surface area contributed by atoms with E-state index in [-0.39, 0.29) is 0 Å². The molecule has 0 aliphatic rings. The van der Waals surface area contributed by atoms with Crippen molar-refractivity contribution in [3.63, 3.8) is 0 Å². The molecular weight excluding hydrogens is 322 g/mol. The first-order valence-electron chi connectivity index (χ1n) is 7.84. The molecule has 126 valence electrons. The van der Waals surface area contributed by atoms with E-state index in [2.05, 4.69) is 10.3 Å². The maximum absolute atomic E-state index is 13.8. The average Bonchev–Trinajstić information content (AvgIpc) is 2.64. The summed E-state index contributed by atoms with van der Waals surface area (Å²) in [6.45, 7) is 0. The Morgan fingerprint density at radius 3 is 2.20 bits per heavy atom. The second kappa shape index (κ2) is 7.66. The molecule has 0 saturated heterocycles. The summed E-state index contributed by atoms with van der Waals surface area (Å²) in [4.78, 5) is 16.7. The van der Waals surface area contributed by atoms with E-state index in [4.69, 9.17) is 0 Å². The van der Waals surface area contributed by atoms with Crippen LogP contribution in [0.5, 0.6) is 0 Å². The van der Waals surface area contributed by atoms with Gasteiger partial charge in [-0.1, -0.05) is 36.4 Å². The molecule has 0 aliphatic carbocycles. The average molecular weight is 338 g/mol. The second-order valence-corrected chi connectivity index (χ2v) is 5.61. The number of pyridine rings is 1. The summed E-state index contributed by atoms with van der Waals surface area (Å²) in [5.41, 5.74) is 1.25. The molecule has 3 aromatic rings. The molecule has 1 amide bonds. The first-order valence-corrected chi connectivity index (χ1v) is 7.84. The van der Waals surface area contributed by atoms with Crippen molar-refractivity contribution in [3.05, 3.63) is 95.8 Å². The van der Waals surface area contributed by atoms with E-state index < -0.39 is 29.1 Å². The predicted octanol–water partition coefficient (Wildman–Crippen LogP) is 4.32. The van der Waals surface area contributed by atoms with Crippen molar-refractivity contribution < 1.29 is 13.6 Å². The first-order chi connectivity index (χ1) is 12.1. The van der Waals surface area contributed by atoms with E-state index >= 15 is 0 Å². The standard InChI is InChI=1S/C20H16F2N2O/c21-17-7-4-8-18(22)19(17)24-20(25)16(15-5-2-1-3-6-15)13-14-9-11-23-12-10-14/h1-12,16H,13H2,(H,24,25). The molecule has 2 aromatic carbocycles. The summed E-state index contributed by atoms with van der Waals surface area (Å²) in [6, 6.07) is 16.2. The Morgan fingerprint density at radius 2 is 1.56 bits per heavy atom. The lowest BCUT2D eigenvalue weighted by atomic mass is 9.91. The summed E-state index contributed by atoms with van der Waals surface area (Å²) in [7, 11) is 0. The monoisotopic (exact) mass is 338 g/mol. The van der Waals surface area contributed by atoms with Crippen LogP contribution in [0, 0.1) is 11.6 Å². The molecule has 0 fully saturated rings. The number of aromatic nitrogens is 1. The van der Waals surface area contributed by atoms with Gasteiger partial charge < -0.3 is 5.32 Å². The number of nitrogens with one attached hydrogen (secondary N) is 1. The van der Waals surface area contributed by atoms with Gasteiger partial charge in [-0.05, 0) is 41.8 Å². The third-order valence-electron chi connectivity index (χ3n) is 3.92. The fourth-order valence-corrected chi connectivity index (χ4v) is 2.63. The Balaban J connectivity index is 1.90. The second-order valence-electron chi connectivity index (χ2n) is 5.61. The van der Waals surface area contributed by atoms with Gasteiger partial charge in [-0.25, -0.2) is 8.78 Å². The minimum absolute atomic E-state index is 0.397. The van der Waals surface area contributed by atoms with E-state index in [9.17, 15) is 13.6 Å². The van der Waals surface area contributed by atoms with Crippen LogP contribution in [-0.4, -0.2) is 10.9 Å². The van der Waals surface area contributed by atoms with Crippen molar-refractivity contribution in [3.8, 4) is 0 Å². The van der Waals surface area contributed by atoms with Crippen molar-refractivity contribution in [2.24, 2.45) is 0 Å². The van der Waals surface area contributed by atoms with Crippen LogP contribution >= 0.6 is 0 Å². The lowest BCUT2D eigenvalue weighted by Gasteiger charge is -2.18. The van der Waals surface area contributed by atoms with Gasteiger partial charge in [0.05, 0.1) is 5.92 Å². The van der Waals surface area contributed by atoms with Crippen LogP contribution in [-0.2, 0) is 11.2 Å². The maximum Gasteiger partial charge on any atom is 0.232 e. The zero-order valence-electron chi connectivity index (χ0n) is 13.3. The van der Waals surface area contributed by atoms with Gasteiger partial charge in [0.1, 0.15) is 17.3 Å². The summed E-state index contributed by atoms with van der Waals surface area (Å²) in [6.07, 6.45) is 3.69. The number of carbonyl (C=O) groups is 1. The lowest BCUT2D eigenvalue weighted by molar-refractivity contribution is -0.117. The minimum atomic E-state index is -0.802. The normalized spacial score (nSPS) is 11.8. The first kappa shape index (κ1) is 16.8. The van der Waals surface area contributed by atoms with E-state index in [0.29, 0.717) is 6.42 Å². The zero-order chi connectivity index (χ0) is 17.6. The quantitative estimate of drug-likeness (QED) is 0.752. The van der Waals surface area contributed by atoms with E-state index in [0.717, 1.165) is 23.3 Å². The molecule has 3 nitrogen and oxygen atoms in total. The van der Waals surface area contributed by atoms with Gasteiger partial charge in [0.25, 0.3) is 0 Å². The topological polar surface area (TPSA) is 42.0 Å². The molecule has 1 atom stereocenters. The number of hydrogen-bond acceptors (Lipinski definition) is 2.